The molecule has 8 heteroatoms. The molecule has 3 N–H and O–H groups in total. The number of aromatic nitrogens is 4. The summed E-state index contributed by atoms with van der Waals surface area (Å²) in [5.41, 5.74) is 8.78. The van der Waals surface area contributed by atoms with E-state index >= 15 is 0 Å². The van der Waals surface area contributed by atoms with Gasteiger partial charge in [0.2, 0.25) is 11.9 Å². The molecule has 0 fully saturated rings. The fraction of sp³-hybridized carbons (Fsp3) is 0.294. The number of aryl methyl sites for hydroxylation is 2. The summed E-state index contributed by atoms with van der Waals surface area (Å²) in [7, 11) is 0. The first-order valence-electron chi connectivity index (χ1n) is 7.90. The van der Waals surface area contributed by atoms with Crippen LogP contribution in [0.15, 0.2) is 34.9 Å². The molecule has 7 nitrogen and oxygen atoms in total. The van der Waals surface area contributed by atoms with E-state index in [0.717, 1.165) is 28.5 Å². The minimum atomic E-state index is 0.0512. The SMILES string of the molecule is Cc1noc(C)c1CSC(C)c1nc(N)nc(Nc2ccccc2)n1. The maximum Gasteiger partial charge on any atom is 0.232 e. The quantitative estimate of drug-likeness (QED) is 0.687. The van der Waals surface area contributed by atoms with Crippen molar-refractivity contribution in [2.45, 2.75) is 31.8 Å². The number of nitrogens with zero attached hydrogens (tertiary/aromatic N) is 4. The fourth-order valence-electron chi connectivity index (χ4n) is 2.29. The first kappa shape index (κ1) is 17.2. The number of anilines is 3. The molecule has 3 aromatic rings. The van der Waals surface area contributed by atoms with Crippen LogP contribution in [-0.4, -0.2) is 20.1 Å². The zero-order chi connectivity index (χ0) is 17.8. The summed E-state index contributed by atoms with van der Waals surface area (Å²) in [5.74, 6) is 2.91. The molecule has 0 aliphatic carbocycles. The van der Waals surface area contributed by atoms with Gasteiger partial charge in [-0.3, -0.25) is 0 Å². The minimum absolute atomic E-state index is 0.0512. The lowest BCUT2D eigenvalue weighted by Gasteiger charge is -2.12. The zero-order valence-corrected chi connectivity index (χ0v) is 15.2. The highest BCUT2D eigenvalue weighted by Gasteiger charge is 2.16. The molecule has 25 heavy (non-hydrogen) atoms. The van der Waals surface area contributed by atoms with E-state index in [1.165, 1.54) is 0 Å². The largest absolute Gasteiger partial charge is 0.368 e. The van der Waals surface area contributed by atoms with Crippen LogP contribution in [0.1, 0.15) is 35.0 Å². The molecule has 0 aliphatic rings. The predicted octanol–water partition coefficient (Wildman–Crippen LogP) is 3.80. The van der Waals surface area contributed by atoms with Crippen LogP contribution in [0.5, 0.6) is 0 Å². The van der Waals surface area contributed by atoms with Gasteiger partial charge in [0.15, 0.2) is 0 Å². The highest BCUT2D eigenvalue weighted by molar-refractivity contribution is 7.98. The van der Waals surface area contributed by atoms with Crippen molar-refractivity contribution in [2.24, 2.45) is 0 Å². The number of benzene rings is 1. The number of hydrogen-bond donors (Lipinski definition) is 2. The van der Waals surface area contributed by atoms with Crippen LogP contribution in [0.3, 0.4) is 0 Å². The molecule has 0 saturated carbocycles. The van der Waals surface area contributed by atoms with Crippen molar-refractivity contribution in [3.05, 3.63) is 53.2 Å². The van der Waals surface area contributed by atoms with Crippen molar-refractivity contribution in [3.8, 4) is 0 Å². The van der Waals surface area contributed by atoms with Crippen molar-refractivity contribution < 1.29 is 4.52 Å². The molecule has 1 unspecified atom stereocenters. The Labute approximate surface area is 150 Å². The Hall–Kier alpha value is -2.61. The summed E-state index contributed by atoms with van der Waals surface area (Å²) < 4.78 is 5.20. The van der Waals surface area contributed by atoms with Crippen LogP contribution >= 0.6 is 11.8 Å². The smallest absolute Gasteiger partial charge is 0.232 e. The van der Waals surface area contributed by atoms with E-state index in [9.17, 15) is 0 Å². The summed E-state index contributed by atoms with van der Waals surface area (Å²) >= 11 is 1.70. The molecule has 0 aliphatic heterocycles. The maximum atomic E-state index is 5.85. The third-order valence-corrected chi connectivity index (χ3v) is 4.89. The number of hydrogen-bond acceptors (Lipinski definition) is 8. The number of nitrogens with one attached hydrogen (secondary N) is 1. The summed E-state index contributed by atoms with van der Waals surface area (Å²) in [4.78, 5) is 12.9. The highest BCUT2D eigenvalue weighted by atomic mass is 32.2. The van der Waals surface area contributed by atoms with Crippen molar-refractivity contribution in [1.29, 1.82) is 0 Å². The number of nitrogen functional groups attached to an aromatic ring is 1. The van der Waals surface area contributed by atoms with Gasteiger partial charge in [0.1, 0.15) is 11.6 Å². The Balaban J connectivity index is 1.73. The molecule has 1 atom stereocenters. The molecule has 0 spiro atoms. The number of thioether (sulfide) groups is 1. The van der Waals surface area contributed by atoms with Crippen molar-refractivity contribution in [2.75, 3.05) is 11.1 Å². The van der Waals surface area contributed by atoms with Crippen LogP contribution in [0.2, 0.25) is 0 Å². The lowest BCUT2D eigenvalue weighted by Crippen LogP contribution is -2.08. The van der Waals surface area contributed by atoms with E-state index in [-0.39, 0.29) is 11.2 Å². The van der Waals surface area contributed by atoms with Crippen molar-refractivity contribution in [3.63, 3.8) is 0 Å². The number of rotatable bonds is 6. The maximum absolute atomic E-state index is 5.85. The standard InChI is InChI=1S/C17H20N6OS/c1-10-14(11(2)24-23-10)9-25-12(3)15-20-16(18)22-17(21-15)19-13-7-5-4-6-8-13/h4-8,12H,9H2,1-3H3,(H3,18,19,20,21,22). The van der Waals surface area contributed by atoms with Crippen LogP contribution in [0.4, 0.5) is 17.6 Å². The topological polar surface area (TPSA) is 103 Å². The Kier molecular flexibility index (Phi) is 5.18. The second-order valence-corrected chi connectivity index (χ2v) is 6.95. The molecule has 0 saturated heterocycles. The average molecular weight is 356 g/mol. The second-order valence-electron chi connectivity index (χ2n) is 5.62. The van der Waals surface area contributed by atoms with Crippen molar-refractivity contribution in [1.82, 2.24) is 20.1 Å². The molecule has 2 heterocycles. The number of para-hydroxylation sites is 1. The van der Waals surface area contributed by atoms with E-state index in [0.29, 0.717) is 11.8 Å². The normalized spacial score (nSPS) is 12.1. The van der Waals surface area contributed by atoms with E-state index in [2.05, 4.69) is 25.4 Å². The monoisotopic (exact) mass is 356 g/mol. The average Bonchev–Trinajstić information content (AvgIpc) is 2.91. The third-order valence-electron chi connectivity index (χ3n) is 3.72. The van der Waals surface area contributed by atoms with Gasteiger partial charge in [-0.05, 0) is 32.9 Å². The summed E-state index contributed by atoms with van der Waals surface area (Å²) in [5, 5.41) is 7.18. The van der Waals surface area contributed by atoms with Gasteiger partial charge in [-0.25, -0.2) is 0 Å². The zero-order valence-electron chi connectivity index (χ0n) is 14.4. The molecule has 3 rings (SSSR count). The lowest BCUT2D eigenvalue weighted by molar-refractivity contribution is 0.392. The van der Waals surface area contributed by atoms with Gasteiger partial charge >= 0.3 is 0 Å². The first-order valence-corrected chi connectivity index (χ1v) is 8.94. The van der Waals surface area contributed by atoms with E-state index in [1.807, 2.05) is 51.1 Å². The van der Waals surface area contributed by atoms with Gasteiger partial charge in [-0.1, -0.05) is 23.4 Å². The van der Waals surface area contributed by atoms with Gasteiger partial charge in [0.25, 0.3) is 0 Å². The van der Waals surface area contributed by atoms with Gasteiger partial charge in [-0.15, -0.1) is 11.8 Å². The van der Waals surface area contributed by atoms with E-state index < -0.39 is 0 Å². The van der Waals surface area contributed by atoms with Crippen LogP contribution < -0.4 is 11.1 Å². The molecule has 0 bridgehead atoms. The molecule has 0 radical (unpaired) electrons. The molecule has 1 aromatic carbocycles. The first-order chi connectivity index (χ1) is 12.0. The minimum Gasteiger partial charge on any atom is -0.368 e. The Bertz CT molecular complexity index is 832. The fourth-order valence-corrected chi connectivity index (χ4v) is 3.37. The van der Waals surface area contributed by atoms with E-state index in [1.54, 1.807) is 11.8 Å². The summed E-state index contributed by atoms with van der Waals surface area (Å²) in [6.45, 7) is 5.91. The van der Waals surface area contributed by atoms with Gasteiger partial charge in [0, 0.05) is 17.0 Å². The lowest BCUT2D eigenvalue weighted by atomic mass is 10.2. The third kappa shape index (κ3) is 4.27. The predicted molar refractivity (Wildman–Crippen MR) is 99.7 cm³/mol. The summed E-state index contributed by atoms with van der Waals surface area (Å²) in [6, 6.07) is 9.71. The van der Waals surface area contributed by atoms with E-state index in [4.69, 9.17) is 10.3 Å². The molecule has 130 valence electrons. The summed E-state index contributed by atoms with van der Waals surface area (Å²) in [6.07, 6.45) is 0. The van der Waals surface area contributed by atoms with Crippen LogP contribution in [0, 0.1) is 13.8 Å². The van der Waals surface area contributed by atoms with Crippen LogP contribution in [-0.2, 0) is 5.75 Å². The highest BCUT2D eigenvalue weighted by Crippen LogP contribution is 2.31. The van der Waals surface area contributed by atoms with Gasteiger partial charge in [0.05, 0.1) is 10.9 Å². The molecule has 2 aromatic heterocycles. The van der Waals surface area contributed by atoms with Crippen molar-refractivity contribution >= 4 is 29.3 Å². The second kappa shape index (κ2) is 7.52. The molecular formula is C17H20N6OS. The Morgan fingerprint density at radius 3 is 2.60 bits per heavy atom. The number of nitrogens with two attached hydrogens (primary N) is 1. The molecule has 0 amide bonds. The van der Waals surface area contributed by atoms with Gasteiger partial charge < -0.3 is 15.6 Å². The Morgan fingerprint density at radius 1 is 1.16 bits per heavy atom. The van der Waals surface area contributed by atoms with Gasteiger partial charge in [-0.2, -0.15) is 15.0 Å². The molecular weight excluding hydrogens is 336 g/mol. The van der Waals surface area contributed by atoms with Crippen LogP contribution in [0.25, 0.3) is 0 Å². The Morgan fingerprint density at radius 2 is 1.92 bits per heavy atom.